The first-order valence-electron chi connectivity index (χ1n) is 6.06. The average Bonchev–Trinajstić information content (AvgIpc) is 2.85. The Kier molecular flexibility index (Phi) is 3.04. The number of nitrogens with one attached hydrogen (secondary N) is 1. The van der Waals surface area contributed by atoms with Gasteiger partial charge in [0, 0.05) is 18.4 Å². The lowest BCUT2D eigenvalue weighted by molar-refractivity contribution is 0.381. The van der Waals surface area contributed by atoms with Gasteiger partial charge in [0.2, 0.25) is 11.8 Å². The fourth-order valence-corrected chi connectivity index (χ4v) is 1.83. The van der Waals surface area contributed by atoms with E-state index >= 15 is 0 Å². The highest BCUT2D eigenvalue weighted by atomic mass is 16.5. The van der Waals surface area contributed by atoms with E-state index in [9.17, 15) is 0 Å². The first-order valence-corrected chi connectivity index (χ1v) is 6.06. The van der Waals surface area contributed by atoms with Crippen LogP contribution in [0.25, 0.3) is 10.9 Å². The molecule has 8 nitrogen and oxygen atoms in total. The number of fused-ring (bicyclic) bond motifs is 1. The molecule has 0 unspecified atom stereocenters. The van der Waals surface area contributed by atoms with Gasteiger partial charge >= 0.3 is 0 Å². The summed E-state index contributed by atoms with van der Waals surface area (Å²) in [5, 5.41) is 7.41. The lowest BCUT2D eigenvalue weighted by Crippen LogP contribution is -2.09. The maximum atomic E-state index is 5.89. The zero-order valence-electron chi connectivity index (χ0n) is 10.6. The lowest BCUT2D eigenvalue weighted by Gasteiger charge is -2.06. The number of rotatable bonds is 4. The monoisotopic (exact) mass is 271 g/mol. The van der Waals surface area contributed by atoms with Gasteiger partial charge in [0.25, 0.3) is 5.95 Å². The Balaban J connectivity index is 1.71. The number of hydrogen-bond acceptors (Lipinski definition) is 8. The molecule has 0 fully saturated rings. The molecule has 0 radical (unpaired) electrons. The van der Waals surface area contributed by atoms with Crippen LogP contribution in [0.15, 0.2) is 28.8 Å². The molecule has 3 rings (SSSR count). The molecule has 0 amide bonds. The molecular formula is C12H13N7O. The first-order chi connectivity index (χ1) is 9.72. The fourth-order valence-electron chi connectivity index (χ4n) is 1.83. The van der Waals surface area contributed by atoms with Crippen molar-refractivity contribution in [2.45, 2.75) is 6.42 Å². The van der Waals surface area contributed by atoms with E-state index < -0.39 is 0 Å². The standard InChI is InChI=1S/C12H13N7O/c13-10-7-3-1-2-4-8(7)16-12(18-10)15-6-5-9-17-11(14)19-20-9/h1-4H,5-6H2,(H2,14,19)(H3,13,15,16,18). The topological polar surface area (TPSA) is 129 Å². The second kappa shape index (κ2) is 5.00. The molecule has 0 atom stereocenters. The van der Waals surface area contributed by atoms with Crippen molar-refractivity contribution in [3.63, 3.8) is 0 Å². The Hall–Kier alpha value is -2.90. The maximum Gasteiger partial charge on any atom is 0.260 e. The maximum absolute atomic E-state index is 5.89. The summed E-state index contributed by atoms with van der Waals surface area (Å²) in [4.78, 5) is 12.5. The van der Waals surface area contributed by atoms with Crippen LogP contribution in [-0.2, 0) is 6.42 Å². The van der Waals surface area contributed by atoms with Gasteiger partial charge in [-0.05, 0) is 17.3 Å². The Morgan fingerprint density at radius 2 is 1.95 bits per heavy atom. The minimum absolute atomic E-state index is 0.131. The minimum atomic E-state index is 0.131. The SMILES string of the molecule is Nc1noc(CCNc2nc(N)c3ccccc3n2)n1. The summed E-state index contributed by atoms with van der Waals surface area (Å²) in [6, 6.07) is 7.57. The quantitative estimate of drug-likeness (QED) is 0.636. The molecule has 0 spiro atoms. The Morgan fingerprint density at radius 1 is 1.10 bits per heavy atom. The predicted octanol–water partition coefficient (Wildman–Crippen LogP) is 0.832. The Morgan fingerprint density at radius 3 is 2.75 bits per heavy atom. The van der Waals surface area contributed by atoms with Crippen molar-refractivity contribution < 1.29 is 4.52 Å². The van der Waals surface area contributed by atoms with Crippen LogP contribution in [0.3, 0.4) is 0 Å². The van der Waals surface area contributed by atoms with E-state index in [-0.39, 0.29) is 5.95 Å². The number of anilines is 3. The molecule has 8 heteroatoms. The molecule has 0 aliphatic heterocycles. The van der Waals surface area contributed by atoms with Crippen molar-refractivity contribution in [2.75, 3.05) is 23.3 Å². The highest BCUT2D eigenvalue weighted by Crippen LogP contribution is 2.18. The smallest absolute Gasteiger partial charge is 0.260 e. The van der Waals surface area contributed by atoms with Crippen molar-refractivity contribution in [1.82, 2.24) is 20.1 Å². The van der Waals surface area contributed by atoms with E-state index in [1.54, 1.807) is 0 Å². The molecule has 0 saturated heterocycles. The van der Waals surface area contributed by atoms with E-state index in [0.29, 0.717) is 30.6 Å². The van der Waals surface area contributed by atoms with Gasteiger partial charge in [0.05, 0.1) is 5.52 Å². The van der Waals surface area contributed by atoms with Gasteiger partial charge in [0.15, 0.2) is 0 Å². The number of nitrogens with zero attached hydrogens (tertiary/aromatic N) is 4. The number of nitrogens with two attached hydrogens (primary N) is 2. The fraction of sp³-hybridized carbons (Fsp3) is 0.167. The van der Waals surface area contributed by atoms with Crippen LogP contribution in [0.1, 0.15) is 5.89 Å². The normalized spacial score (nSPS) is 10.8. The number of benzene rings is 1. The molecular weight excluding hydrogens is 258 g/mol. The third kappa shape index (κ3) is 2.44. The van der Waals surface area contributed by atoms with Gasteiger partial charge in [-0.3, -0.25) is 0 Å². The minimum Gasteiger partial charge on any atom is -0.383 e. The molecule has 0 bridgehead atoms. The molecule has 0 aliphatic carbocycles. The van der Waals surface area contributed by atoms with Gasteiger partial charge in [-0.2, -0.15) is 9.97 Å². The molecule has 20 heavy (non-hydrogen) atoms. The summed E-state index contributed by atoms with van der Waals surface area (Å²) < 4.78 is 4.90. The Bertz CT molecular complexity index is 740. The second-order valence-electron chi connectivity index (χ2n) is 4.17. The third-order valence-electron chi connectivity index (χ3n) is 2.74. The van der Waals surface area contributed by atoms with Gasteiger partial charge in [-0.15, -0.1) is 0 Å². The van der Waals surface area contributed by atoms with E-state index in [2.05, 4.69) is 25.4 Å². The molecule has 2 heterocycles. The van der Waals surface area contributed by atoms with E-state index in [0.717, 1.165) is 10.9 Å². The van der Waals surface area contributed by atoms with Crippen molar-refractivity contribution in [3.8, 4) is 0 Å². The molecule has 3 aromatic rings. The summed E-state index contributed by atoms with van der Waals surface area (Å²) in [5.74, 6) is 1.50. The average molecular weight is 271 g/mol. The van der Waals surface area contributed by atoms with Crippen molar-refractivity contribution in [1.29, 1.82) is 0 Å². The van der Waals surface area contributed by atoms with Crippen LogP contribution < -0.4 is 16.8 Å². The number of aromatic nitrogens is 4. The number of nitrogen functional groups attached to an aromatic ring is 2. The van der Waals surface area contributed by atoms with Gasteiger partial charge in [0.1, 0.15) is 5.82 Å². The Labute approximate surface area is 114 Å². The van der Waals surface area contributed by atoms with Crippen molar-refractivity contribution in [3.05, 3.63) is 30.2 Å². The van der Waals surface area contributed by atoms with Crippen molar-refractivity contribution in [2.24, 2.45) is 0 Å². The summed E-state index contributed by atoms with van der Waals surface area (Å²) >= 11 is 0. The molecule has 0 aliphatic rings. The van der Waals surface area contributed by atoms with Crippen molar-refractivity contribution >= 4 is 28.6 Å². The number of para-hydroxylation sites is 1. The highest BCUT2D eigenvalue weighted by molar-refractivity contribution is 5.88. The summed E-state index contributed by atoms with van der Waals surface area (Å²) in [6.07, 6.45) is 0.528. The van der Waals surface area contributed by atoms with Crippen LogP contribution in [0.4, 0.5) is 17.7 Å². The van der Waals surface area contributed by atoms with Crippen LogP contribution >= 0.6 is 0 Å². The van der Waals surface area contributed by atoms with E-state index in [4.69, 9.17) is 16.0 Å². The predicted molar refractivity (Wildman–Crippen MR) is 74.9 cm³/mol. The first kappa shape index (κ1) is 12.2. The molecule has 5 N–H and O–H groups in total. The van der Waals surface area contributed by atoms with E-state index in [1.807, 2.05) is 24.3 Å². The summed E-state index contributed by atoms with van der Waals surface area (Å²) in [5.41, 5.74) is 12.1. The second-order valence-corrected chi connectivity index (χ2v) is 4.17. The van der Waals surface area contributed by atoms with Crippen LogP contribution in [0, 0.1) is 0 Å². The van der Waals surface area contributed by atoms with Crippen LogP contribution in [0.5, 0.6) is 0 Å². The zero-order chi connectivity index (χ0) is 13.9. The molecule has 102 valence electrons. The number of hydrogen-bond donors (Lipinski definition) is 3. The van der Waals surface area contributed by atoms with Crippen LogP contribution in [-0.4, -0.2) is 26.7 Å². The van der Waals surface area contributed by atoms with Gasteiger partial charge in [-0.25, -0.2) is 4.98 Å². The molecule has 1 aromatic carbocycles. The van der Waals surface area contributed by atoms with Gasteiger partial charge in [-0.1, -0.05) is 12.1 Å². The zero-order valence-corrected chi connectivity index (χ0v) is 10.6. The van der Waals surface area contributed by atoms with Crippen LogP contribution in [0.2, 0.25) is 0 Å². The summed E-state index contributed by atoms with van der Waals surface area (Å²) in [6.45, 7) is 0.541. The molecule has 2 aromatic heterocycles. The third-order valence-corrected chi connectivity index (χ3v) is 2.74. The van der Waals surface area contributed by atoms with E-state index in [1.165, 1.54) is 0 Å². The lowest BCUT2D eigenvalue weighted by atomic mass is 10.2. The largest absolute Gasteiger partial charge is 0.383 e. The molecule has 0 saturated carbocycles. The summed E-state index contributed by atoms with van der Waals surface area (Å²) in [7, 11) is 0. The highest BCUT2D eigenvalue weighted by Gasteiger charge is 2.06. The van der Waals surface area contributed by atoms with Gasteiger partial charge < -0.3 is 21.3 Å².